The number of carbonyl (C=O) groups excluding carboxylic acids is 2. The Morgan fingerprint density at radius 1 is 1.40 bits per heavy atom. The van der Waals surface area contributed by atoms with Crippen LogP contribution < -0.4 is 5.56 Å². The zero-order valence-corrected chi connectivity index (χ0v) is 13.8. The summed E-state index contributed by atoms with van der Waals surface area (Å²) >= 11 is 0. The lowest BCUT2D eigenvalue weighted by molar-refractivity contribution is -0.136. The third kappa shape index (κ3) is 2.51. The van der Waals surface area contributed by atoms with Crippen LogP contribution in [0.2, 0.25) is 0 Å². The minimum Gasteiger partial charge on any atom is -0.483 e. The predicted octanol–water partition coefficient (Wildman–Crippen LogP) is -0.741. The van der Waals surface area contributed by atoms with E-state index in [9.17, 15) is 14.4 Å². The molecule has 0 aliphatic carbocycles. The normalized spacial score (nSPS) is 26.8. The zero-order valence-electron chi connectivity index (χ0n) is 13.8. The van der Waals surface area contributed by atoms with E-state index in [1.807, 2.05) is 0 Å². The van der Waals surface area contributed by atoms with Gasteiger partial charge in [0, 0.05) is 32.8 Å². The van der Waals surface area contributed by atoms with Crippen LogP contribution >= 0.6 is 0 Å². The smallest absolute Gasteiger partial charge is 0.290 e. The van der Waals surface area contributed by atoms with Crippen molar-refractivity contribution < 1.29 is 24.2 Å². The summed E-state index contributed by atoms with van der Waals surface area (Å²) < 4.78 is 7.24. The number of ether oxygens (including phenoxy) is 1. The molecule has 0 saturated carbocycles. The molecule has 9 heteroatoms. The van der Waals surface area contributed by atoms with Crippen LogP contribution in [0.4, 0.5) is 0 Å². The molecule has 9 nitrogen and oxygen atoms in total. The van der Waals surface area contributed by atoms with Crippen molar-refractivity contribution in [2.24, 2.45) is 7.05 Å². The van der Waals surface area contributed by atoms with Gasteiger partial charge in [-0.25, -0.2) is 0 Å². The molecule has 2 atom stereocenters. The second-order valence-electron chi connectivity index (χ2n) is 6.15. The Balaban J connectivity index is 0.000000569. The summed E-state index contributed by atoms with van der Waals surface area (Å²) in [7, 11) is 1.62. The molecule has 0 bridgehead atoms. The molecular weight excluding hydrogens is 330 g/mol. The molecule has 1 aromatic rings. The highest BCUT2D eigenvalue weighted by atomic mass is 16.5. The van der Waals surface area contributed by atoms with E-state index in [1.165, 1.54) is 4.57 Å². The Bertz CT molecular complexity index is 775. The molecule has 134 valence electrons. The van der Waals surface area contributed by atoms with Crippen molar-refractivity contribution in [3.8, 4) is 0 Å². The van der Waals surface area contributed by atoms with Gasteiger partial charge in [-0.1, -0.05) is 0 Å². The first-order valence-electron chi connectivity index (χ1n) is 7.95. The maximum Gasteiger partial charge on any atom is 0.290 e. The molecule has 25 heavy (non-hydrogen) atoms. The van der Waals surface area contributed by atoms with Gasteiger partial charge in [-0.3, -0.25) is 19.2 Å². The van der Waals surface area contributed by atoms with E-state index >= 15 is 0 Å². The van der Waals surface area contributed by atoms with Crippen LogP contribution in [0.1, 0.15) is 23.2 Å². The van der Waals surface area contributed by atoms with E-state index in [4.69, 9.17) is 14.6 Å². The number of carbonyl (C=O) groups is 3. The first kappa shape index (κ1) is 17.2. The highest BCUT2D eigenvalue weighted by Crippen LogP contribution is 2.45. The molecular formula is C16H19N3O6. The van der Waals surface area contributed by atoms with Crippen molar-refractivity contribution in [1.82, 2.24) is 14.4 Å². The standard InChI is InChI=1S/C15H17N3O4.CH2O2/c1-16-5-2-3-10(13(16)20)14(21)17-6-4-15-11(17)9-12(19)18(15)7-8-22-15;2-1-3/h2-3,5,11H,4,6-9H2,1H3;1H,(H,2,3)/t11-,15+;/m1./s1. The highest BCUT2D eigenvalue weighted by Gasteiger charge is 2.63. The van der Waals surface area contributed by atoms with Gasteiger partial charge in [0.05, 0.1) is 19.1 Å². The van der Waals surface area contributed by atoms with Crippen LogP contribution in [0.3, 0.4) is 0 Å². The lowest BCUT2D eigenvalue weighted by Crippen LogP contribution is -2.49. The highest BCUT2D eigenvalue weighted by molar-refractivity contribution is 5.95. The summed E-state index contributed by atoms with van der Waals surface area (Å²) in [5.74, 6) is -0.283. The first-order chi connectivity index (χ1) is 12.0. The minimum atomic E-state index is -0.660. The maximum absolute atomic E-state index is 12.8. The first-order valence-corrected chi connectivity index (χ1v) is 7.95. The molecule has 4 rings (SSSR count). The molecule has 3 aliphatic rings. The van der Waals surface area contributed by atoms with Crippen molar-refractivity contribution in [1.29, 1.82) is 0 Å². The van der Waals surface area contributed by atoms with Gasteiger partial charge in [0.1, 0.15) is 5.56 Å². The summed E-state index contributed by atoms with van der Waals surface area (Å²) in [4.78, 5) is 48.8. The van der Waals surface area contributed by atoms with E-state index in [0.717, 1.165) is 0 Å². The number of pyridine rings is 1. The van der Waals surface area contributed by atoms with E-state index in [1.54, 1.807) is 35.2 Å². The lowest BCUT2D eigenvalue weighted by Gasteiger charge is -2.31. The molecule has 0 aromatic carbocycles. The van der Waals surface area contributed by atoms with Crippen molar-refractivity contribution >= 4 is 18.3 Å². The minimum absolute atomic E-state index is 0.0287. The summed E-state index contributed by atoms with van der Waals surface area (Å²) in [5, 5.41) is 6.89. The van der Waals surface area contributed by atoms with E-state index in [2.05, 4.69) is 0 Å². The van der Waals surface area contributed by atoms with Gasteiger partial charge in [-0.15, -0.1) is 0 Å². The van der Waals surface area contributed by atoms with E-state index < -0.39 is 5.72 Å². The molecule has 2 amide bonds. The van der Waals surface area contributed by atoms with Crippen LogP contribution in [0.5, 0.6) is 0 Å². The molecule has 0 unspecified atom stereocenters. The Labute approximate surface area is 143 Å². The van der Waals surface area contributed by atoms with Crippen molar-refractivity contribution in [3.05, 3.63) is 34.2 Å². The molecule has 1 aromatic heterocycles. The Morgan fingerprint density at radius 3 is 2.84 bits per heavy atom. The number of carboxylic acid groups (broad SMARTS) is 1. The average molecular weight is 349 g/mol. The Kier molecular flexibility index (Phi) is 4.34. The summed E-state index contributed by atoms with van der Waals surface area (Å²) in [6, 6.07) is 2.93. The Morgan fingerprint density at radius 2 is 2.12 bits per heavy atom. The molecule has 1 spiro atoms. The average Bonchev–Trinajstić information content (AvgIpc) is 3.22. The van der Waals surface area contributed by atoms with Gasteiger partial charge in [0.2, 0.25) is 5.91 Å². The third-order valence-electron chi connectivity index (χ3n) is 5.02. The fourth-order valence-electron chi connectivity index (χ4n) is 3.95. The topological polar surface area (TPSA) is 109 Å². The number of nitrogens with zero attached hydrogens (tertiary/aromatic N) is 3. The van der Waals surface area contributed by atoms with Crippen LogP contribution in [-0.2, 0) is 21.4 Å². The number of rotatable bonds is 1. The zero-order chi connectivity index (χ0) is 18.2. The maximum atomic E-state index is 12.8. The van der Waals surface area contributed by atoms with Gasteiger partial charge >= 0.3 is 0 Å². The molecule has 3 saturated heterocycles. The molecule has 3 fully saturated rings. The number of aromatic nitrogens is 1. The van der Waals surface area contributed by atoms with Crippen LogP contribution in [0.15, 0.2) is 23.1 Å². The second kappa shape index (κ2) is 6.32. The molecule has 1 N–H and O–H groups in total. The van der Waals surface area contributed by atoms with Gasteiger partial charge in [0.15, 0.2) is 5.72 Å². The van der Waals surface area contributed by atoms with Gasteiger partial charge in [-0.05, 0) is 12.1 Å². The number of likely N-dealkylation sites (tertiary alicyclic amines) is 1. The van der Waals surface area contributed by atoms with Crippen molar-refractivity contribution in [2.45, 2.75) is 24.6 Å². The van der Waals surface area contributed by atoms with E-state index in [0.29, 0.717) is 26.1 Å². The third-order valence-corrected chi connectivity index (χ3v) is 5.02. The second-order valence-corrected chi connectivity index (χ2v) is 6.15. The van der Waals surface area contributed by atoms with Gasteiger partial charge in [-0.2, -0.15) is 0 Å². The monoisotopic (exact) mass is 349 g/mol. The van der Waals surface area contributed by atoms with E-state index in [-0.39, 0.29) is 41.9 Å². The van der Waals surface area contributed by atoms with Crippen molar-refractivity contribution in [2.75, 3.05) is 19.7 Å². The van der Waals surface area contributed by atoms with Crippen molar-refractivity contribution in [3.63, 3.8) is 0 Å². The van der Waals surface area contributed by atoms with Crippen LogP contribution in [0.25, 0.3) is 0 Å². The van der Waals surface area contributed by atoms with Crippen LogP contribution in [0, 0.1) is 0 Å². The molecule has 0 radical (unpaired) electrons. The summed E-state index contributed by atoms with van der Waals surface area (Å²) in [6.45, 7) is 1.35. The largest absolute Gasteiger partial charge is 0.483 e. The SMILES string of the molecule is Cn1cccc(C(=O)N2CC[C@@]34OCCN3C(=O)C[C@@H]24)c1=O.O=CO. The number of aryl methyl sites for hydroxylation is 1. The number of hydrogen-bond acceptors (Lipinski definition) is 5. The molecule has 3 aliphatic heterocycles. The van der Waals surface area contributed by atoms with Crippen LogP contribution in [-0.4, -0.2) is 69.2 Å². The quantitative estimate of drug-likeness (QED) is 0.669. The summed E-state index contributed by atoms with van der Waals surface area (Å²) in [5.41, 5.74) is -0.833. The van der Waals surface area contributed by atoms with Gasteiger partial charge < -0.3 is 24.2 Å². The fourth-order valence-corrected chi connectivity index (χ4v) is 3.95. The number of amides is 2. The summed E-state index contributed by atoms with van der Waals surface area (Å²) in [6.07, 6.45) is 2.51. The molecule has 4 heterocycles. The lowest BCUT2D eigenvalue weighted by atomic mass is 10.1. The predicted molar refractivity (Wildman–Crippen MR) is 84.8 cm³/mol. The fraction of sp³-hybridized carbons (Fsp3) is 0.500. The Hall–Kier alpha value is -2.68. The van der Waals surface area contributed by atoms with Gasteiger partial charge in [0.25, 0.3) is 17.9 Å². The number of hydrogen-bond donors (Lipinski definition) is 1.